The molecule has 0 aromatic heterocycles. The number of terminal acetylenes is 1. The molecule has 2 fully saturated rings. The van der Waals surface area contributed by atoms with Gasteiger partial charge in [0.1, 0.15) is 0 Å². The summed E-state index contributed by atoms with van der Waals surface area (Å²) in [6.07, 6.45) is 12.2. The summed E-state index contributed by atoms with van der Waals surface area (Å²) in [6.45, 7) is 3.42. The Hall–Kier alpha value is -2.77. The molecule has 0 atom stereocenters. The number of hydrogen-bond donors (Lipinski definition) is 1. The normalized spacial score (nSPS) is 16.0. The number of carbonyl (C=O) groups is 1. The molecule has 1 aliphatic carbocycles. The fourth-order valence-electron chi connectivity index (χ4n) is 3.45. The monoisotopic (exact) mass is 377 g/mol. The van der Waals surface area contributed by atoms with Crippen LogP contribution in [0.3, 0.4) is 0 Å². The Morgan fingerprint density at radius 1 is 0.893 bits per heavy atom. The largest absolute Gasteiger partial charge is 0.368 e. The van der Waals surface area contributed by atoms with Crippen LogP contribution in [0.4, 0.5) is 5.69 Å². The van der Waals surface area contributed by atoms with Gasteiger partial charge in [0.05, 0.1) is 6.54 Å². The van der Waals surface area contributed by atoms with E-state index in [9.17, 15) is 4.79 Å². The number of hydrogen-bond acceptors (Lipinski definition) is 3. The zero-order valence-electron chi connectivity index (χ0n) is 16.5. The number of nitrogens with zero attached hydrogens (tertiary/aromatic N) is 2. The van der Waals surface area contributed by atoms with Gasteiger partial charge < -0.3 is 15.5 Å². The number of carbonyl (C=O) groups excluding carboxylic acids is 1. The minimum atomic E-state index is 0.0488. The van der Waals surface area contributed by atoms with E-state index in [1.807, 2.05) is 23.1 Å². The van der Waals surface area contributed by atoms with Crippen molar-refractivity contribution in [2.75, 3.05) is 37.6 Å². The molecule has 0 bridgehead atoms. The lowest BCUT2D eigenvalue weighted by molar-refractivity contribution is -0.129. The first-order valence-electron chi connectivity index (χ1n) is 9.94. The van der Waals surface area contributed by atoms with Crippen LogP contribution in [0.1, 0.15) is 30.7 Å². The predicted molar refractivity (Wildman–Crippen MR) is 117 cm³/mol. The zero-order chi connectivity index (χ0) is 20.2. The van der Waals surface area contributed by atoms with Crippen LogP contribution in [0, 0.1) is 12.8 Å². The summed E-state index contributed by atoms with van der Waals surface area (Å²) in [5.41, 5.74) is 8.10. The van der Waals surface area contributed by atoms with Crippen LogP contribution >= 0.6 is 0 Å². The molecule has 28 heavy (non-hydrogen) atoms. The van der Waals surface area contributed by atoms with Gasteiger partial charge in [0.25, 0.3) is 0 Å². The quantitative estimate of drug-likeness (QED) is 0.833. The van der Waals surface area contributed by atoms with Crippen LogP contribution in [0.25, 0.3) is 0 Å². The molecule has 2 aromatic carbocycles. The second-order valence-corrected chi connectivity index (χ2v) is 6.95. The molecule has 1 aliphatic heterocycles. The molecule has 148 valence electrons. The predicted octanol–water partition coefficient (Wildman–Crippen LogP) is 3.50. The van der Waals surface area contributed by atoms with Gasteiger partial charge in [0, 0.05) is 31.9 Å². The molecule has 4 heteroatoms. The number of para-hydroxylation sites is 1. The van der Waals surface area contributed by atoms with E-state index in [1.165, 1.54) is 30.5 Å². The van der Waals surface area contributed by atoms with E-state index in [0.29, 0.717) is 0 Å². The van der Waals surface area contributed by atoms with Gasteiger partial charge in [-0.25, -0.2) is 0 Å². The molecule has 1 saturated heterocycles. The van der Waals surface area contributed by atoms with Gasteiger partial charge >= 0.3 is 0 Å². The molecule has 0 radical (unpaired) electrons. The molecule has 1 saturated carbocycles. The summed E-state index contributed by atoms with van der Waals surface area (Å²) in [6, 6.07) is 21.1. The van der Waals surface area contributed by atoms with Gasteiger partial charge in [-0.1, -0.05) is 55.0 Å². The highest BCUT2D eigenvalue weighted by Crippen LogP contribution is 2.35. The Bertz CT molecular complexity index is 702. The molecule has 0 unspecified atom stereocenters. The zero-order valence-corrected chi connectivity index (χ0v) is 16.5. The molecule has 1 amide bonds. The topological polar surface area (TPSA) is 49.6 Å². The van der Waals surface area contributed by atoms with Crippen LogP contribution in [0.5, 0.6) is 0 Å². The standard InChI is InChI=1S/C12H17N3O.C10H12.C2H2/c13-10-12(16)15-8-6-14(7-9-15)11-4-2-1-3-5-11;1-2-5-9(6-3-1)10-7-4-8-10;1-2/h1-5H,6-10,13H2;1-3,5-6,10H,4,7-8H2;1-2H. The number of rotatable bonds is 3. The Morgan fingerprint density at radius 3 is 1.89 bits per heavy atom. The van der Waals surface area contributed by atoms with Crippen molar-refractivity contribution < 1.29 is 4.79 Å². The lowest BCUT2D eigenvalue weighted by Gasteiger charge is -2.36. The Balaban J connectivity index is 0.000000200. The molecular formula is C24H31N3O. The van der Waals surface area contributed by atoms with E-state index in [4.69, 9.17) is 5.73 Å². The van der Waals surface area contributed by atoms with Crippen molar-refractivity contribution in [1.29, 1.82) is 0 Å². The van der Waals surface area contributed by atoms with Gasteiger partial charge in [0.15, 0.2) is 0 Å². The molecule has 2 aromatic rings. The third-order valence-electron chi connectivity index (χ3n) is 5.30. The van der Waals surface area contributed by atoms with Crippen molar-refractivity contribution in [3.8, 4) is 12.8 Å². The number of anilines is 1. The van der Waals surface area contributed by atoms with Crippen LogP contribution < -0.4 is 10.6 Å². The maximum Gasteiger partial charge on any atom is 0.236 e. The third kappa shape index (κ3) is 6.14. The third-order valence-corrected chi connectivity index (χ3v) is 5.30. The van der Waals surface area contributed by atoms with E-state index in [-0.39, 0.29) is 12.5 Å². The highest BCUT2D eigenvalue weighted by Gasteiger charge is 2.20. The maximum absolute atomic E-state index is 11.4. The van der Waals surface area contributed by atoms with Crippen molar-refractivity contribution in [1.82, 2.24) is 4.90 Å². The summed E-state index contributed by atoms with van der Waals surface area (Å²) in [5.74, 6) is 0.939. The molecule has 4 rings (SSSR count). The van der Waals surface area contributed by atoms with Crippen molar-refractivity contribution >= 4 is 11.6 Å². The van der Waals surface area contributed by atoms with Crippen LogP contribution in [0.2, 0.25) is 0 Å². The second kappa shape index (κ2) is 11.8. The average molecular weight is 378 g/mol. The lowest BCUT2D eigenvalue weighted by Crippen LogP contribution is -2.50. The minimum Gasteiger partial charge on any atom is -0.368 e. The van der Waals surface area contributed by atoms with E-state index in [1.54, 1.807) is 0 Å². The van der Waals surface area contributed by atoms with Crippen LogP contribution in [-0.4, -0.2) is 43.5 Å². The Labute approximate surface area is 169 Å². The van der Waals surface area contributed by atoms with E-state index >= 15 is 0 Å². The first-order valence-corrected chi connectivity index (χ1v) is 9.94. The van der Waals surface area contributed by atoms with Crippen LogP contribution in [0.15, 0.2) is 60.7 Å². The first kappa shape index (κ1) is 21.5. The molecular weight excluding hydrogens is 346 g/mol. The molecule has 4 nitrogen and oxygen atoms in total. The van der Waals surface area contributed by atoms with Gasteiger partial charge in [-0.2, -0.15) is 0 Å². The molecule has 1 heterocycles. The van der Waals surface area contributed by atoms with Crippen molar-refractivity contribution in [2.45, 2.75) is 25.2 Å². The summed E-state index contributed by atoms with van der Waals surface area (Å²) in [4.78, 5) is 15.5. The molecule has 2 N–H and O–H groups in total. The van der Waals surface area contributed by atoms with Gasteiger partial charge in [0.2, 0.25) is 5.91 Å². The first-order chi connectivity index (χ1) is 13.8. The number of piperazine rings is 1. The summed E-state index contributed by atoms with van der Waals surface area (Å²) in [7, 11) is 0. The number of amides is 1. The fraction of sp³-hybridized carbons (Fsp3) is 0.375. The highest BCUT2D eigenvalue weighted by molar-refractivity contribution is 5.78. The highest BCUT2D eigenvalue weighted by atomic mass is 16.2. The van der Waals surface area contributed by atoms with Crippen molar-refractivity contribution in [2.24, 2.45) is 5.73 Å². The second-order valence-electron chi connectivity index (χ2n) is 6.95. The maximum atomic E-state index is 11.4. The fourth-order valence-corrected chi connectivity index (χ4v) is 3.45. The molecule has 2 aliphatic rings. The number of nitrogens with two attached hydrogens (primary N) is 1. The SMILES string of the molecule is C#C.NCC(=O)N1CCN(c2ccccc2)CC1.c1ccc(C2CCC2)cc1. The average Bonchev–Trinajstić information content (AvgIpc) is 2.75. The summed E-state index contributed by atoms with van der Waals surface area (Å²) in [5, 5.41) is 0. The van der Waals surface area contributed by atoms with E-state index < -0.39 is 0 Å². The van der Waals surface area contributed by atoms with E-state index in [0.717, 1.165) is 32.1 Å². The van der Waals surface area contributed by atoms with Crippen molar-refractivity contribution in [3.05, 3.63) is 66.2 Å². The molecule has 0 spiro atoms. The number of benzene rings is 2. The Morgan fingerprint density at radius 2 is 1.43 bits per heavy atom. The van der Waals surface area contributed by atoms with Gasteiger partial charge in [-0.3, -0.25) is 4.79 Å². The lowest BCUT2D eigenvalue weighted by atomic mass is 9.80. The van der Waals surface area contributed by atoms with E-state index in [2.05, 4.69) is 60.2 Å². The van der Waals surface area contributed by atoms with Gasteiger partial charge in [-0.15, -0.1) is 12.8 Å². The van der Waals surface area contributed by atoms with Gasteiger partial charge in [-0.05, 0) is 36.5 Å². The minimum absolute atomic E-state index is 0.0488. The smallest absolute Gasteiger partial charge is 0.236 e. The van der Waals surface area contributed by atoms with Crippen LogP contribution in [-0.2, 0) is 4.79 Å². The summed E-state index contributed by atoms with van der Waals surface area (Å²) < 4.78 is 0. The van der Waals surface area contributed by atoms with Crippen molar-refractivity contribution in [3.63, 3.8) is 0 Å². The Kier molecular flexibility index (Phi) is 9.10. The summed E-state index contributed by atoms with van der Waals surface area (Å²) >= 11 is 0.